The van der Waals surface area contributed by atoms with Crippen LogP contribution in [-0.2, 0) is 16.0 Å². The van der Waals surface area contributed by atoms with Crippen LogP contribution in [0.25, 0.3) is 0 Å². The number of carboxylic acid groups (broad SMARTS) is 1. The van der Waals surface area contributed by atoms with Gasteiger partial charge in [0, 0.05) is 25.5 Å². The van der Waals surface area contributed by atoms with Gasteiger partial charge in [-0.3, -0.25) is 14.6 Å². The normalized spacial score (nSPS) is 18.1. The van der Waals surface area contributed by atoms with E-state index in [4.69, 9.17) is 5.11 Å². The average molecular weight is 262 g/mol. The van der Waals surface area contributed by atoms with E-state index in [0.717, 1.165) is 5.56 Å². The van der Waals surface area contributed by atoms with E-state index in [9.17, 15) is 9.59 Å². The highest BCUT2D eigenvalue weighted by Crippen LogP contribution is 2.31. The average Bonchev–Trinajstić information content (AvgIpc) is 2.40. The molecule has 0 unspecified atom stereocenters. The molecule has 0 aliphatic carbocycles. The summed E-state index contributed by atoms with van der Waals surface area (Å²) in [4.78, 5) is 28.9. The van der Waals surface area contributed by atoms with E-state index in [1.807, 2.05) is 12.1 Å². The highest BCUT2D eigenvalue weighted by Gasteiger charge is 2.37. The van der Waals surface area contributed by atoms with E-state index in [1.165, 1.54) is 0 Å². The fraction of sp³-hybridized carbons (Fsp3) is 0.500. The molecule has 1 aliphatic heterocycles. The fourth-order valence-corrected chi connectivity index (χ4v) is 2.25. The molecule has 5 nitrogen and oxygen atoms in total. The van der Waals surface area contributed by atoms with Gasteiger partial charge in [-0.15, -0.1) is 0 Å². The van der Waals surface area contributed by atoms with E-state index in [-0.39, 0.29) is 5.91 Å². The lowest BCUT2D eigenvalue weighted by Gasteiger charge is -2.36. The minimum atomic E-state index is -0.770. The molecule has 0 spiro atoms. The van der Waals surface area contributed by atoms with Crippen molar-refractivity contribution >= 4 is 11.9 Å². The third kappa shape index (κ3) is 3.10. The van der Waals surface area contributed by atoms with E-state index >= 15 is 0 Å². The molecule has 2 rings (SSSR count). The van der Waals surface area contributed by atoms with Crippen LogP contribution in [0.2, 0.25) is 0 Å². The number of carboxylic acids is 1. The maximum atomic E-state index is 12.1. The lowest BCUT2D eigenvalue weighted by atomic mass is 9.80. The summed E-state index contributed by atoms with van der Waals surface area (Å²) in [6, 6.07) is 3.65. The van der Waals surface area contributed by atoms with Crippen LogP contribution in [0.1, 0.15) is 25.3 Å². The number of rotatable bonds is 3. The third-order valence-corrected chi connectivity index (χ3v) is 3.84. The van der Waals surface area contributed by atoms with Crippen molar-refractivity contribution in [3.8, 4) is 0 Å². The van der Waals surface area contributed by atoms with Gasteiger partial charge in [-0.05, 0) is 37.5 Å². The van der Waals surface area contributed by atoms with Gasteiger partial charge in [-0.25, -0.2) is 0 Å². The van der Waals surface area contributed by atoms with Crippen molar-refractivity contribution in [2.45, 2.75) is 26.2 Å². The summed E-state index contributed by atoms with van der Waals surface area (Å²) in [5.74, 6) is -0.715. The number of carbonyl (C=O) groups is 2. The SMILES string of the molecule is CC1(C(=O)O)CCN(C(=O)Cc2ccncc2)CC1. The first kappa shape index (κ1) is 13.5. The second kappa shape index (κ2) is 5.38. The van der Waals surface area contributed by atoms with Crippen molar-refractivity contribution in [3.63, 3.8) is 0 Å². The zero-order valence-corrected chi connectivity index (χ0v) is 11.0. The van der Waals surface area contributed by atoms with Crippen LogP contribution in [0, 0.1) is 5.41 Å². The molecular weight excluding hydrogens is 244 g/mol. The van der Waals surface area contributed by atoms with Crippen LogP contribution in [0.15, 0.2) is 24.5 Å². The van der Waals surface area contributed by atoms with Gasteiger partial charge in [-0.1, -0.05) is 0 Å². The Kier molecular flexibility index (Phi) is 3.83. The predicted molar refractivity (Wildman–Crippen MR) is 69.5 cm³/mol. The Bertz CT molecular complexity index is 465. The van der Waals surface area contributed by atoms with Crippen molar-refractivity contribution in [1.82, 2.24) is 9.88 Å². The molecule has 19 heavy (non-hydrogen) atoms. The summed E-state index contributed by atoms with van der Waals surface area (Å²) in [6.45, 7) is 2.79. The number of pyridine rings is 1. The Morgan fingerprint density at radius 2 is 1.89 bits per heavy atom. The van der Waals surface area contributed by atoms with Crippen LogP contribution in [0.4, 0.5) is 0 Å². The topological polar surface area (TPSA) is 70.5 Å². The molecule has 1 amide bonds. The Hall–Kier alpha value is -1.91. The van der Waals surface area contributed by atoms with Gasteiger partial charge >= 0.3 is 5.97 Å². The first-order valence-corrected chi connectivity index (χ1v) is 6.41. The molecule has 1 aliphatic rings. The molecule has 102 valence electrons. The summed E-state index contributed by atoms with van der Waals surface area (Å²) in [5.41, 5.74) is 0.250. The van der Waals surface area contributed by atoms with Crippen LogP contribution < -0.4 is 0 Å². The Balaban J connectivity index is 1.91. The molecule has 0 aromatic carbocycles. The van der Waals surface area contributed by atoms with Crippen molar-refractivity contribution in [1.29, 1.82) is 0 Å². The highest BCUT2D eigenvalue weighted by molar-refractivity contribution is 5.79. The monoisotopic (exact) mass is 262 g/mol. The van der Waals surface area contributed by atoms with Gasteiger partial charge in [0.05, 0.1) is 11.8 Å². The molecule has 1 saturated heterocycles. The van der Waals surface area contributed by atoms with Crippen LogP contribution >= 0.6 is 0 Å². The quantitative estimate of drug-likeness (QED) is 0.892. The number of amides is 1. The summed E-state index contributed by atoms with van der Waals surface area (Å²) >= 11 is 0. The minimum Gasteiger partial charge on any atom is -0.481 e. The third-order valence-electron chi connectivity index (χ3n) is 3.84. The number of nitrogens with zero attached hydrogens (tertiary/aromatic N) is 2. The number of hydrogen-bond donors (Lipinski definition) is 1. The minimum absolute atomic E-state index is 0.0543. The van der Waals surface area contributed by atoms with Crippen LogP contribution in [-0.4, -0.2) is 40.0 Å². The zero-order valence-electron chi connectivity index (χ0n) is 11.0. The second-order valence-electron chi connectivity index (χ2n) is 5.28. The van der Waals surface area contributed by atoms with E-state index < -0.39 is 11.4 Å². The van der Waals surface area contributed by atoms with Gasteiger partial charge in [-0.2, -0.15) is 0 Å². The van der Waals surface area contributed by atoms with Crippen molar-refractivity contribution < 1.29 is 14.7 Å². The Morgan fingerprint density at radius 1 is 1.32 bits per heavy atom. The maximum absolute atomic E-state index is 12.1. The molecule has 1 N–H and O–H groups in total. The Morgan fingerprint density at radius 3 is 2.42 bits per heavy atom. The van der Waals surface area contributed by atoms with Gasteiger partial charge in [0.25, 0.3) is 0 Å². The van der Waals surface area contributed by atoms with E-state index in [1.54, 1.807) is 24.2 Å². The fourth-order valence-electron chi connectivity index (χ4n) is 2.25. The maximum Gasteiger partial charge on any atom is 0.309 e. The van der Waals surface area contributed by atoms with Gasteiger partial charge in [0.2, 0.25) is 5.91 Å². The first-order valence-electron chi connectivity index (χ1n) is 6.41. The van der Waals surface area contributed by atoms with Gasteiger partial charge in [0.15, 0.2) is 0 Å². The van der Waals surface area contributed by atoms with Crippen molar-refractivity contribution in [3.05, 3.63) is 30.1 Å². The molecule has 0 bridgehead atoms. The lowest BCUT2D eigenvalue weighted by molar-refractivity contribution is -0.152. The number of aromatic nitrogens is 1. The van der Waals surface area contributed by atoms with Crippen LogP contribution in [0.3, 0.4) is 0 Å². The largest absolute Gasteiger partial charge is 0.481 e. The molecule has 5 heteroatoms. The van der Waals surface area contributed by atoms with Crippen molar-refractivity contribution in [2.75, 3.05) is 13.1 Å². The number of likely N-dealkylation sites (tertiary alicyclic amines) is 1. The summed E-state index contributed by atoms with van der Waals surface area (Å²) in [7, 11) is 0. The Labute approximate surface area is 112 Å². The van der Waals surface area contributed by atoms with Crippen LogP contribution in [0.5, 0.6) is 0 Å². The summed E-state index contributed by atoms with van der Waals surface area (Å²) < 4.78 is 0. The highest BCUT2D eigenvalue weighted by atomic mass is 16.4. The number of piperidine rings is 1. The van der Waals surface area contributed by atoms with E-state index in [0.29, 0.717) is 32.4 Å². The summed E-state index contributed by atoms with van der Waals surface area (Å²) in [5, 5.41) is 9.15. The number of hydrogen-bond acceptors (Lipinski definition) is 3. The number of aliphatic carboxylic acids is 1. The first-order chi connectivity index (χ1) is 9.01. The molecule has 2 heterocycles. The lowest BCUT2D eigenvalue weighted by Crippen LogP contribution is -2.45. The molecule has 0 atom stereocenters. The smallest absolute Gasteiger partial charge is 0.309 e. The van der Waals surface area contributed by atoms with Gasteiger partial charge < -0.3 is 10.0 Å². The molecule has 0 radical (unpaired) electrons. The summed E-state index contributed by atoms with van der Waals surface area (Å²) in [6.07, 6.45) is 4.72. The van der Waals surface area contributed by atoms with Gasteiger partial charge in [0.1, 0.15) is 0 Å². The number of carbonyl (C=O) groups excluding carboxylic acids is 1. The predicted octanol–water partition coefficient (Wildman–Crippen LogP) is 1.34. The zero-order chi connectivity index (χ0) is 13.9. The van der Waals surface area contributed by atoms with Crippen molar-refractivity contribution in [2.24, 2.45) is 5.41 Å². The standard InChI is InChI=1S/C14H18N2O3/c1-14(13(18)19)4-8-16(9-5-14)12(17)10-11-2-6-15-7-3-11/h2-3,6-7H,4-5,8-10H2,1H3,(H,18,19). The molecule has 0 saturated carbocycles. The molecule has 1 fully saturated rings. The molecular formula is C14H18N2O3. The molecule has 1 aromatic heterocycles. The second-order valence-corrected chi connectivity index (χ2v) is 5.28. The molecule has 1 aromatic rings. The van der Waals surface area contributed by atoms with E-state index in [2.05, 4.69) is 4.98 Å².